The molecule has 0 spiro atoms. The molecule has 1 aromatic rings. The summed E-state index contributed by atoms with van der Waals surface area (Å²) in [5, 5.41) is 0. The summed E-state index contributed by atoms with van der Waals surface area (Å²) in [7, 11) is 0. The van der Waals surface area contributed by atoms with Crippen LogP contribution in [0, 0.1) is 6.92 Å². The van der Waals surface area contributed by atoms with Crippen LogP contribution in [0.1, 0.15) is 25.8 Å². The zero-order valence-corrected chi connectivity index (χ0v) is 10.7. The highest BCUT2D eigenvalue weighted by molar-refractivity contribution is 5.53. The molecule has 1 aliphatic heterocycles. The van der Waals surface area contributed by atoms with E-state index in [1.807, 2.05) is 13.8 Å². The maximum atomic E-state index is 6.16. The van der Waals surface area contributed by atoms with Crippen molar-refractivity contribution in [2.24, 2.45) is 5.73 Å². The molecular formula is C12H20N4O. The summed E-state index contributed by atoms with van der Waals surface area (Å²) < 4.78 is 5.47. The van der Waals surface area contributed by atoms with Crippen molar-refractivity contribution < 1.29 is 4.74 Å². The van der Waals surface area contributed by atoms with Crippen LogP contribution in [0.4, 0.5) is 5.82 Å². The Morgan fingerprint density at radius 3 is 2.71 bits per heavy atom. The molecule has 1 aromatic heterocycles. The van der Waals surface area contributed by atoms with E-state index in [9.17, 15) is 0 Å². The van der Waals surface area contributed by atoms with Crippen LogP contribution in [0.2, 0.25) is 0 Å². The fourth-order valence-corrected chi connectivity index (χ4v) is 2.11. The van der Waals surface area contributed by atoms with Gasteiger partial charge in [0.05, 0.1) is 17.7 Å². The molecule has 0 saturated carbocycles. The number of rotatable bonds is 4. The van der Waals surface area contributed by atoms with E-state index in [-0.39, 0.29) is 5.54 Å². The fourth-order valence-electron chi connectivity index (χ4n) is 2.11. The molecule has 94 valence electrons. The quantitative estimate of drug-likeness (QED) is 0.848. The van der Waals surface area contributed by atoms with E-state index < -0.39 is 0 Å². The zero-order chi connectivity index (χ0) is 12.5. The molecule has 0 amide bonds. The van der Waals surface area contributed by atoms with Gasteiger partial charge in [-0.05, 0) is 20.3 Å². The van der Waals surface area contributed by atoms with E-state index in [4.69, 9.17) is 10.5 Å². The molecule has 2 heterocycles. The van der Waals surface area contributed by atoms with Crippen molar-refractivity contribution in [2.45, 2.75) is 32.7 Å². The van der Waals surface area contributed by atoms with Crippen LogP contribution in [-0.4, -0.2) is 35.2 Å². The average molecular weight is 236 g/mol. The summed E-state index contributed by atoms with van der Waals surface area (Å²) in [6.45, 7) is 8.39. The van der Waals surface area contributed by atoms with Crippen molar-refractivity contribution in [3.63, 3.8) is 0 Å². The maximum Gasteiger partial charge on any atom is 0.221 e. The lowest BCUT2D eigenvalue weighted by Crippen LogP contribution is -2.67. The molecule has 2 rings (SSSR count). The van der Waals surface area contributed by atoms with Crippen molar-refractivity contribution in [1.29, 1.82) is 0 Å². The number of nitrogens with two attached hydrogens (primary N) is 1. The Balaban J connectivity index is 2.15. The molecule has 0 aliphatic carbocycles. The third-order valence-corrected chi connectivity index (χ3v) is 3.31. The highest BCUT2D eigenvalue weighted by Crippen LogP contribution is 2.31. The molecule has 0 aromatic carbocycles. The normalized spacial score (nSPS) is 17.8. The van der Waals surface area contributed by atoms with Crippen molar-refractivity contribution in [3.8, 4) is 5.88 Å². The fraction of sp³-hybridized carbons (Fsp3) is 0.667. The van der Waals surface area contributed by atoms with Crippen LogP contribution < -0.4 is 15.4 Å². The Morgan fingerprint density at radius 2 is 2.12 bits per heavy atom. The first-order chi connectivity index (χ1) is 8.09. The second-order valence-corrected chi connectivity index (χ2v) is 4.63. The summed E-state index contributed by atoms with van der Waals surface area (Å²) in [6, 6.07) is 0. The van der Waals surface area contributed by atoms with Gasteiger partial charge in [-0.1, -0.05) is 6.92 Å². The molecule has 0 atom stereocenters. The molecule has 1 saturated heterocycles. The van der Waals surface area contributed by atoms with Gasteiger partial charge >= 0.3 is 0 Å². The molecule has 5 nitrogen and oxygen atoms in total. The SMILES string of the molecule is CCOc1ncnc(N2CC(N)(CC)C2)c1C. The standard InChI is InChI=1S/C12H20N4O/c1-4-12(13)6-16(7-12)10-9(3)11(17-5-2)15-8-14-10/h8H,4-7,13H2,1-3H3. The van der Waals surface area contributed by atoms with Gasteiger partial charge in [0.25, 0.3) is 0 Å². The van der Waals surface area contributed by atoms with Crippen LogP contribution in [-0.2, 0) is 0 Å². The minimum absolute atomic E-state index is 0.0524. The zero-order valence-electron chi connectivity index (χ0n) is 10.7. The van der Waals surface area contributed by atoms with Crippen LogP contribution in [0.25, 0.3) is 0 Å². The van der Waals surface area contributed by atoms with Crippen molar-refractivity contribution in [3.05, 3.63) is 11.9 Å². The number of hydrogen-bond donors (Lipinski definition) is 1. The van der Waals surface area contributed by atoms with Gasteiger partial charge in [0.1, 0.15) is 12.1 Å². The number of hydrogen-bond acceptors (Lipinski definition) is 5. The van der Waals surface area contributed by atoms with E-state index in [0.717, 1.165) is 30.9 Å². The van der Waals surface area contributed by atoms with E-state index in [1.165, 1.54) is 0 Å². The molecule has 1 aliphatic rings. The molecule has 17 heavy (non-hydrogen) atoms. The summed E-state index contributed by atoms with van der Waals surface area (Å²) in [4.78, 5) is 10.6. The number of ether oxygens (including phenoxy) is 1. The van der Waals surface area contributed by atoms with E-state index in [0.29, 0.717) is 12.5 Å². The molecule has 0 unspecified atom stereocenters. The Labute approximate surface area is 102 Å². The number of anilines is 1. The summed E-state index contributed by atoms with van der Waals surface area (Å²) in [6.07, 6.45) is 2.54. The largest absolute Gasteiger partial charge is 0.478 e. The number of aromatic nitrogens is 2. The van der Waals surface area contributed by atoms with Gasteiger partial charge < -0.3 is 15.4 Å². The molecular weight excluding hydrogens is 216 g/mol. The van der Waals surface area contributed by atoms with E-state index in [2.05, 4.69) is 21.8 Å². The summed E-state index contributed by atoms with van der Waals surface area (Å²) >= 11 is 0. The summed E-state index contributed by atoms with van der Waals surface area (Å²) in [5.41, 5.74) is 7.10. The first-order valence-electron chi connectivity index (χ1n) is 6.08. The monoisotopic (exact) mass is 236 g/mol. The Hall–Kier alpha value is -1.36. The minimum Gasteiger partial charge on any atom is -0.478 e. The minimum atomic E-state index is -0.0524. The third-order valence-electron chi connectivity index (χ3n) is 3.31. The van der Waals surface area contributed by atoms with Gasteiger partial charge in [0.2, 0.25) is 5.88 Å². The van der Waals surface area contributed by atoms with Gasteiger partial charge in [-0.2, -0.15) is 0 Å². The van der Waals surface area contributed by atoms with Crippen molar-refractivity contribution in [1.82, 2.24) is 9.97 Å². The van der Waals surface area contributed by atoms with Gasteiger partial charge in [0, 0.05) is 13.1 Å². The average Bonchev–Trinajstić information content (AvgIpc) is 2.28. The van der Waals surface area contributed by atoms with Crippen LogP contribution in [0.15, 0.2) is 6.33 Å². The van der Waals surface area contributed by atoms with Crippen LogP contribution >= 0.6 is 0 Å². The molecule has 2 N–H and O–H groups in total. The number of nitrogens with zero attached hydrogens (tertiary/aromatic N) is 3. The molecule has 0 radical (unpaired) electrons. The second kappa shape index (κ2) is 4.49. The first kappa shape index (κ1) is 12.1. The molecule has 5 heteroatoms. The highest BCUT2D eigenvalue weighted by Gasteiger charge is 2.39. The highest BCUT2D eigenvalue weighted by atomic mass is 16.5. The summed E-state index contributed by atoms with van der Waals surface area (Å²) in [5.74, 6) is 1.61. The molecule has 0 bridgehead atoms. The van der Waals surface area contributed by atoms with Crippen LogP contribution in [0.5, 0.6) is 5.88 Å². The smallest absolute Gasteiger partial charge is 0.221 e. The lowest BCUT2D eigenvalue weighted by Gasteiger charge is -2.48. The topological polar surface area (TPSA) is 64.3 Å². The third kappa shape index (κ3) is 2.20. The van der Waals surface area contributed by atoms with Gasteiger partial charge in [-0.15, -0.1) is 0 Å². The Bertz CT molecular complexity index is 401. The van der Waals surface area contributed by atoms with Gasteiger partial charge in [-0.25, -0.2) is 9.97 Å². The van der Waals surface area contributed by atoms with Crippen molar-refractivity contribution in [2.75, 3.05) is 24.6 Å². The Kier molecular flexibility index (Phi) is 3.19. The van der Waals surface area contributed by atoms with Gasteiger partial charge in [-0.3, -0.25) is 0 Å². The second-order valence-electron chi connectivity index (χ2n) is 4.63. The first-order valence-corrected chi connectivity index (χ1v) is 6.08. The lowest BCUT2D eigenvalue weighted by molar-refractivity contribution is 0.312. The van der Waals surface area contributed by atoms with Gasteiger partial charge in [0.15, 0.2) is 0 Å². The van der Waals surface area contributed by atoms with E-state index >= 15 is 0 Å². The predicted octanol–water partition coefficient (Wildman–Crippen LogP) is 1.11. The lowest BCUT2D eigenvalue weighted by atomic mass is 9.88. The maximum absolute atomic E-state index is 6.16. The van der Waals surface area contributed by atoms with Crippen LogP contribution in [0.3, 0.4) is 0 Å². The predicted molar refractivity (Wildman–Crippen MR) is 67.4 cm³/mol. The van der Waals surface area contributed by atoms with Crippen molar-refractivity contribution >= 4 is 5.82 Å². The van der Waals surface area contributed by atoms with E-state index in [1.54, 1.807) is 6.33 Å². The molecule has 1 fully saturated rings. The Morgan fingerprint density at radius 1 is 1.41 bits per heavy atom.